The van der Waals surface area contributed by atoms with Gasteiger partial charge in [-0.25, -0.2) is 0 Å². The molecule has 294 valence electrons. The van der Waals surface area contributed by atoms with Gasteiger partial charge in [0.05, 0.1) is 0 Å². The van der Waals surface area contributed by atoms with Crippen molar-refractivity contribution in [3.05, 3.63) is 224 Å². The molecule has 13 rings (SSSR count). The monoisotopic (exact) mass is 803 g/mol. The standard InChI is InChI=1S/C60H37NO2/c1-2-12-38(13-3-1)39-24-30-42(31-25-39)61(44-34-28-41(29-35-44)46-19-11-21-52-47-14-6-8-22-54(47)63-60(46)52)43-32-26-40(27-33-43)45-18-10-20-49-51-36-37-56-59(53-17-7-9-23-55(53)62-56)58(51)50-16-5-4-15-48(50)57(45)49/h1-37H. The third kappa shape index (κ3) is 5.60. The van der Waals surface area contributed by atoms with E-state index < -0.39 is 0 Å². The first-order valence-electron chi connectivity index (χ1n) is 21.5. The Labute approximate surface area is 363 Å². The van der Waals surface area contributed by atoms with E-state index in [-0.39, 0.29) is 0 Å². The van der Waals surface area contributed by atoms with Crippen LogP contribution < -0.4 is 4.90 Å². The maximum atomic E-state index is 6.44. The highest BCUT2D eigenvalue weighted by molar-refractivity contribution is 6.36. The summed E-state index contributed by atoms with van der Waals surface area (Å²) in [7, 11) is 0. The lowest BCUT2D eigenvalue weighted by molar-refractivity contribution is 0.669. The van der Waals surface area contributed by atoms with Crippen LogP contribution in [0.1, 0.15) is 0 Å². The van der Waals surface area contributed by atoms with Gasteiger partial charge in [0, 0.05) is 49.6 Å². The maximum absolute atomic E-state index is 6.44. The number of hydrogen-bond acceptors (Lipinski definition) is 3. The van der Waals surface area contributed by atoms with Gasteiger partial charge in [0.1, 0.15) is 22.3 Å². The Balaban J connectivity index is 0.941. The quantitative estimate of drug-likeness (QED) is 0.157. The number of fused-ring (bicyclic) bond motifs is 13. The summed E-state index contributed by atoms with van der Waals surface area (Å²) >= 11 is 0. The summed E-state index contributed by atoms with van der Waals surface area (Å²) in [6.45, 7) is 0. The van der Waals surface area contributed by atoms with Crippen LogP contribution in [0.2, 0.25) is 0 Å². The molecule has 0 fully saturated rings. The number of hydrogen-bond donors (Lipinski definition) is 0. The largest absolute Gasteiger partial charge is 0.456 e. The summed E-state index contributed by atoms with van der Waals surface area (Å²) in [6.07, 6.45) is 0. The van der Waals surface area contributed by atoms with Gasteiger partial charge in [0.25, 0.3) is 0 Å². The fourth-order valence-corrected chi connectivity index (χ4v) is 9.98. The third-order valence-corrected chi connectivity index (χ3v) is 12.9. The number of para-hydroxylation sites is 3. The minimum Gasteiger partial charge on any atom is -0.456 e. The van der Waals surface area contributed by atoms with Crippen molar-refractivity contribution in [3.8, 4) is 33.4 Å². The van der Waals surface area contributed by atoms with E-state index in [4.69, 9.17) is 8.83 Å². The SMILES string of the molecule is c1ccc(-c2ccc(N(c3ccc(-c4cccc5c4oc4ccccc45)cc3)c3ccc(-c4cccc5c6ccc7oc8ccccc8c7c6c6ccccc6c45)cc3)cc2)cc1. The molecule has 0 saturated heterocycles. The normalized spacial score (nSPS) is 11.8. The molecule has 3 nitrogen and oxygen atoms in total. The second kappa shape index (κ2) is 14.1. The summed E-state index contributed by atoms with van der Waals surface area (Å²) in [6, 6.07) is 80.4. The van der Waals surface area contributed by atoms with E-state index in [1.165, 1.54) is 54.4 Å². The zero-order chi connectivity index (χ0) is 41.4. The lowest BCUT2D eigenvalue weighted by Crippen LogP contribution is -2.09. The van der Waals surface area contributed by atoms with Crippen LogP contribution in [0.5, 0.6) is 0 Å². The van der Waals surface area contributed by atoms with Crippen LogP contribution >= 0.6 is 0 Å². The first kappa shape index (κ1) is 35.4. The Morgan fingerprint density at radius 1 is 0.238 bits per heavy atom. The molecule has 13 aromatic rings. The van der Waals surface area contributed by atoms with Crippen LogP contribution in [0.4, 0.5) is 17.1 Å². The summed E-state index contributed by atoms with van der Waals surface area (Å²) in [5, 5.41) is 12.0. The lowest BCUT2D eigenvalue weighted by Gasteiger charge is -2.26. The fraction of sp³-hybridized carbons (Fsp3) is 0. The smallest absolute Gasteiger partial charge is 0.143 e. The van der Waals surface area contributed by atoms with Crippen molar-refractivity contribution in [2.45, 2.75) is 0 Å². The van der Waals surface area contributed by atoms with Crippen LogP contribution in [0.15, 0.2) is 233 Å². The van der Waals surface area contributed by atoms with Gasteiger partial charge in [-0.1, -0.05) is 164 Å². The van der Waals surface area contributed by atoms with Gasteiger partial charge in [-0.2, -0.15) is 0 Å². The van der Waals surface area contributed by atoms with E-state index in [1.807, 2.05) is 18.2 Å². The summed E-state index contributed by atoms with van der Waals surface area (Å²) < 4.78 is 12.8. The molecule has 2 heterocycles. The van der Waals surface area contributed by atoms with Crippen LogP contribution in [-0.4, -0.2) is 0 Å². The first-order valence-corrected chi connectivity index (χ1v) is 21.5. The van der Waals surface area contributed by atoms with Crippen LogP contribution in [0.25, 0.3) is 110 Å². The van der Waals surface area contributed by atoms with Gasteiger partial charge < -0.3 is 13.7 Å². The van der Waals surface area contributed by atoms with E-state index >= 15 is 0 Å². The molecule has 63 heavy (non-hydrogen) atoms. The average Bonchev–Trinajstić information content (AvgIpc) is 3.94. The molecule has 0 N–H and O–H groups in total. The topological polar surface area (TPSA) is 29.5 Å². The first-order chi connectivity index (χ1) is 31.2. The fourth-order valence-electron chi connectivity index (χ4n) is 9.98. The highest BCUT2D eigenvalue weighted by Gasteiger charge is 2.20. The Kier molecular flexibility index (Phi) is 7.91. The van der Waals surface area contributed by atoms with Crippen molar-refractivity contribution in [1.82, 2.24) is 0 Å². The van der Waals surface area contributed by atoms with E-state index in [0.717, 1.165) is 72.2 Å². The summed E-state index contributed by atoms with van der Waals surface area (Å²) in [4.78, 5) is 2.34. The molecule has 0 aliphatic carbocycles. The molecule has 2 aromatic heterocycles. The molecule has 0 saturated carbocycles. The number of benzene rings is 11. The molecule has 0 unspecified atom stereocenters. The van der Waals surface area contributed by atoms with E-state index in [0.29, 0.717) is 0 Å². The Bertz CT molecular complexity index is 3850. The van der Waals surface area contributed by atoms with Crippen LogP contribution in [0.3, 0.4) is 0 Å². The van der Waals surface area contributed by atoms with Crippen molar-refractivity contribution in [1.29, 1.82) is 0 Å². The summed E-state index contributed by atoms with van der Waals surface area (Å²) in [5.74, 6) is 0. The molecule has 0 aliphatic rings. The van der Waals surface area contributed by atoms with Gasteiger partial charge >= 0.3 is 0 Å². The minimum absolute atomic E-state index is 0.902. The molecule has 0 aliphatic heterocycles. The predicted octanol–water partition coefficient (Wildman–Crippen LogP) is 17.4. The Morgan fingerprint density at radius 2 is 0.698 bits per heavy atom. The van der Waals surface area contributed by atoms with Crippen molar-refractivity contribution >= 4 is 93.3 Å². The van der Waals surface area contributed by atoms with Crippen molar-refractivity contribution < 1.29 is 8.83 Å². The number of nitrogens with zero attached hydrogens (tertiary/aromatic N) is 1. The van der Waals surface area contributed by atoms with Crippen LogP contribution in [-0.2, 0) is 0 Å². The maximum Gasteiger partial charge on any atom is 0.143 e. The molecule has 11 aromatic carbocycles. The second-order valence-corrected chi connectivity index (χ2v) is 16.4. The van der Waals surface area contributed by atoms with Gasteiger partial charge in [0.15, 0.2) is 0 Å². The van der Waals surface area contributed by atoms with Gasteiger partial charge in [-0.05, 0) is 115 Å². The van der Waals surface area contributed by atoms with Crippen molar-refractivity contribution in [3.63, 3.8) is 0 Å². The van der Waals surface area contributed by atoms with Crippen molar-refractivity contribution in [2.24, 2.45) is 0 Å². The summed E-state index contributed by atoms with van der Waals surface area (Å²) in [5.41, 5.74) is 13.8. The Hall–Kier alpha value is -8.40. The molecule has 0 spiro atoms. The van der Waals surface area contributed by atoms with E-state index in [9.17, 15) is 0 Å². The van der Waals surface area contributed by atoms with E-state index in [2.05, 4.69) is 211 Å². The molecule has 0 atom stereocenters. The number of anilines is 3. The van der Waals surface area contributed by atoms with Gasteiger partial charge in [-0.3, -0.25) is 0 Å². The van der Waals surface area contributed by atoms with Crippen LogP contribution in [0, 0.1) is 0 Å². The lowest BCUT2D eigenvalue weighted by atomic mass is 9.88. The zero-order valence-corrected chi connectivity index (χ0v) is 34.1. The third-order valence-electron chi connectivity index (χ3n) is 12.9. The van der Waals surface area contributed by atoms with Crippen molar-refractivity contribution in [2.75, 3.05) is 4.90 Å². The van der Waals surface area contributed by atoms with Gasteiger partial charge in [-0.15, -0.1) is 0 Å². The molecular weight excluding hydrogens is 767 g/mol. The number of furan rings is 2. The minimum atomic E-state index is 0.902. The number of rotatable bonds is 6. The molecule has 0 amide bonds. The van der Waals surface area contributed by atoms with E-state index in [1.54, 1.807) is 0 Å². The zero-order valence-electron chi connectivity index (χ0n) is 34.1. The molecule has 0 bridgehead atoms. The highest BCUT2D eigenvalue weighted by atomic mass is 16.3. The average molecular weight is 804 g/mol. The molecule has 0 radical (unpaired) electrons. The molecular formula is C60H37NO2. The predicted molar refractivity (Wildman–Crippen MR) is 265 cm³/mol. The highest BCUT2D eigenvalue weighted by Crippen LogP contribution is 2.46. The Morgan fingerprint density at radius 3 is 1.37 bits per heavy atom. The van der Waals surface area contributed by atoms with Gasteiger partial charge in [0.2, 0.25) is 0 Å². The second-order valence-electron chi connectivity index (χ2n) is 16.4. The molecule has 3 heteroatoms.